The van der Waals surface area contributed by atoms with Gasteiger partial charge < -0.3 is 29.5 Å². The van der Waals surface area contributed by atoms with Crippen molar-refractivity contribution < 1.29 is 87.1 Å². The van der Waals surface area contributed by atoms with E-state index in [2.05, 4.69) is 0 Å². The molecule has 105 heavy (non-hydrogen) atoms. The SMILES string of the molecule is O=C(Cl)c1ccc(N2C(=O)C=CC2=O)cc1.O=C(Oc1ccc(C(c2ccc(OC(=O)c3ccc(N4C(=O)C=CC4=O)cc3)cc2)c2ccc(OC(=O)c3ccc(N4C(=O)C=CC4=O)cc3)cc2)cc1)c1ccc(N2C(=O)C=CC2=O)cc1.Oc1ccc(C(c2ccc(O)cc2)c2ccc(O)cc2)cc1. The van der Waals surface area contributed by atoms with Crippen LogP contribution in [0.1, 0.15) is 86.6 Å². The van der Waals surface area contributed by atoms with Gasteiger partial charge in [0.15, 0.2) is 0 Å². The molecule has 0 atom stereocenters. The van der Waals surface area contributed by atoms with Gasteiger partial charge in [0.1, 0.15) is 34.5 Å². The lowest BCUT2D eigenvalue weighted by Gasteiger charge is -2.20. The van der Waals surface area contributed by atoms with Crippen molar-refractivity contribution in [3.8, 4) is 34.5 Å². The summed E-state index contributed by atoms with van der Waals surface area (Å²) < 4.78 is 17.0. The van der Waals surface area contributed by atoms with Crippen LogP contribution in [0.2, 0.25) is 0 Å². The van der Waals surface area contributed by atoms with Gasteiger partial charge in [0.2, 0.25) is 0 Å². The summed E-state index contributed by atoms with van der Waals surface area (Å²) in [7, 11) is 0. The van der Waals surface area contributed by atoms with Crippen LogP contribution in [0.15, 0.2) is 291 Å². The van der Waals surface area contributed by atoms with Crippen molar-refractivity contribution in [3.05, 3.63) is 347 Å². The van der Waals surface area contributed by atoms with Crippen LogP contribution in [0.25, 0.3) is 0 Å². The van der Waals surface area contributed by atoms with E-state index in [1.54, 1.807) is 109 Å². The number of carbonyl (C=O) groups excluding carboxylic acids is 12. The number of anilines is 4. The molecule has 0 radical (unpaired) electrons. The zero-order valence-electron chi connectivity index (χ0n) is 54.5. The van der Waals surface area contributed by atoms with Crippen LogP contribution in [0.5, 0.6) is 34.5 Å². The molecule has 3 N–H and O–H groups in total. The molecule has 4 heterocycles. The number of phenols is 3. The van der Waals surface area contributed by atoms with Crippen molar-refractivity contribution in [1.82, 2.24) is 0 Å². The van der Waals surface area contributed by atoms with Crippen molar-refractivity contribution >= 4 is 105 Å². The topological polar surface area (TPSA) is 306 Å². The standard InChI is InChI=1S/C52H31N3O12.C19H16O3.C11H6ClNO3/c56-43-25-26-44(57)53(43)37-13-1-34(2-14-37)50(62)65-40-19-7-31(8-20-40)49(32-9-21-41(22-10-32)66-51(63)35-3-15-38(16-4-35)54-45(58)27-28-46(54)59)33-11-23-42(24-12-33)67-52(64)36-5-17-39(18-6-36)55-47(60)29-30-48(55)61;20-16-7-1-13(2-8-16)19(14-3-9-17(21)10-4-14)15-5-11-18(22)12-6-15;12-11(16)7-1-3-8(4-2-7)13-9(14)5-6-10(13)15/h1-30,49H;1-12,19-22H;1-6H. The molecule has 10 aromatic carbocycles. The van der Waals surface area contributed by atoms with Crippen LogP contribution in [0.4, 0.5) is 22.7 Å². The minimum Gasteiger partial charge on any atom is -0.508 e. The number of hydrogen-bond acceptors (Lipinski definition) is 18. The number of ether oxygens (including phenoxy) is 3. The molecule has 4 aliphatic rings. The largest absolute Gasteiger partial charge is 0.508 e. The van der Waals surface area contributed by atoms with Crippen LogP contribution < -0.4 is 33.8 Å². The highest BCUT2D eigenvalue weighted by Crippen LogP contribution is 2.37. The smallest absolute Gasteiger partial charge is 0.343 e. The summed E-state index contributed by atoms with van der Waals surface area (Å²) >= 11 is 5.27. The molecular formula is C82H53ClN4O18. The van der Waals surface area contributed by atoms with Gasteiger partial charge in [-0.25, -0.2) is 34.0 Å². The Morgan fingerprint density at radius 3 is 0.600 bits per heavy atom. The van der Waals surface area contributed by atoms with E-state index in [1.165, 1.54) is 146 Å². The molecular weight excluding hydrogens is 1360 g/mol. The Hall–Kier alpha value is -14.5. The van der Waals surface area contributed by atoms with Gasteiger partial charge in [-0.15, -0.1) is 0 Å². The average Bonchev–Trinajstić information content (AvgIpc) is 1.81. The zero-order chi connectivity index (χ0) is 74.0. The zero-order valence-corrected chi connectivity index (χ0v) is 55.3. The number of amides is 8. The molecule has 0 aliphatic carbocycles. The molecule has 22 nitrogen and oxygen atoms in total. The van der Waals surface area contributed by atoms with Crippen molar-refractivity contribution in [2.24, 2.45) is 0 Å². The van der Waals surface area contributed by atoms with Crippen LogP contribution in [-0.2, 0) is 38.4 Å². The van der Waals surface area contributed by atoms with E-state index >= 15 is 0 Å². The normalized spacial score (nSPS) is 13.6. The molecule has 0 bridgehead atoms. The van der Waals surface area contributed by atoms with Crippen LogP contribution >= 0.6 is 11.6 Å². The van der Waals surface area contributed by atoms with Gasteiger partial charge in [-0.05, 0) is 215 Å². The molecule has 0 aromatic heterocycles. The fourth-order valence-corrected chi connectivity index (χ4v) is 11.6. The number of aromatic hydroxyl groups is 3. The number of imide groups is 4. The van der Waals surface area contributed by atoms with Gasteiger partial charge in [-0.2, -0.15) is 0 Å². The van der Waals surface area contributed by atoms with Crippen LogP contribution in [0, 0.1) is 0 Å². The lowest BCUT2D eigenvalue weighted by molar-refractivity contribution is -0.121. The Morgan fingerprint density at radius 2 is 0.419 bits per heavy atom. The Balaban J connectivity index is 0.000000219. The first-order chi connectivity index (χ1) is 50.6. The van der Waals surface area contributed by atoms with E-state index in [4.69, 9.17) is 25.8 Å². The lowest BCUT2D eigenvalue weighted by Crippen LogP contribution is -2.29. The highest BCUT2D eigenvalue weighted by atomic mass is 35.5. The van der Waals surface area contributed by atoms with Crippen molar-refractivity contribution in [2.45, 2.75) is 11.8 Å². The third-order valence-corrected chi connectivity index (χ3v) is 16.8. The maximum absolute atomic E-state index is 13.1. The van der Waals surface area contributed by atoms with Gasteiger partial charge in [0.05, 0.1) is 39.4 Å². The van der Waals surface area contributed by atoms with E-state index in [-0.39, 0.29) is 57.1 Å². The number of hydrogen-bond donors (Lipinski definition) is 3. The highest BCUT2D eigenvalue weighted by molar-refractivity contribution is 6.67. The lowest BCUT2D eigenvalue weighted by atomic mass is 9.85. The van der Waals surface area contributed by atoms with Gasteiger partial charge in [-0.3, -0.25) is 43.2 Å². The van der Waals surface area contributed by atoms with E-state index in [9.17, 15) is 72.9 Å². The predicted molar refractivity (Wildman–Crippen MR) is 383 cm³/mol. The van der Waals surface area contributed by atoms with Crippen molar-refractivity contribution in [2.75, 3.05) is 19.6 Å². The quantitative estimate of drug-likeness (QED) is 0.0251. The number of halogens is 1. The highest BCUT2D eigenvalue weighted by Gasteiger charge is 2.30. The summed E-state index contributed by atoms with van der Waals surface area (Å²) in [4.78, 5) is 149. The second-order valence-electron chi connectivity index (χ2n) is 23.4. The first kappa shape index (κ1) is 70.4. The molecule has 4 aliphatic heterocycles. The summed E-state index contributed by atoms with van der Waals surface area (Å²) in [6.45, 7) is 0. The van der Waals surface area contributed by atoms with Gasteiger partial charge >= 0.3 is 17.9 Å². The van der Waals surface area contributed by atoms with Gasteiger partial charge in [0.25, 0.3) is 52.5 Å². The maximum atomic E-state index is 13.1. The number of carbonyl (C=O) groups is 12. The summed E-state index contributed by atoms with van der Waals surface area (Å²) in [5, 5.41) is 27.9. The average molecular weight is 1420 g/mol. The Morgan fingerprint density at radius 1 is 0.248 bits per heavy atom. The number of esters is 3. The molecule has 0 saturated carbocycles. The number of phenolic OH excluding ortho intramolecular Hbond substituents is 3. The molecule has 14 rings (SSSR count). The van der Waals surface area contributed by atoms with E-state index < -0.39 is 76.3 Å². The summed E-state index contributed by atoms with van der Waals surface area (Å²) in [6, 6.07) is 65.1. The molecule has 0 saturated heterocycles. The van der Waals surface area contributed by atoms with Crippen molar-refractivity contribution in [1.29, 1.82) is 0 Å². The van der Waals surface area contributed by atoms with E-state index in [1.807, 2.05) is 36.4 Å². The van der Waals surface area contributed by atoms with Gasteiger partial charge in [-0.1, -0.05) is 72.8 Å². The maximum Gasteiger partial charge on any atom is 0.343 e. The molecule has 0 spiro atoms. The van der Waals surface area contributed by atoms with Crippen LogP contribution in [0.3, 0.4) is 0 Å². The molecule has 0 fully saturated rings. The third kappa shape index (κ3) is 16.2. The molecule has 0 unspecified atom stereocenters. The Bertz CT molecular complexity index is 4710. The number of nitrogens with zero attached hydrogens (tertiary/aromatic N) is 4. The summed E-state index contributed by atoms with van der Waals surface area (Å²) in [6.07, 6.45) is 9.39. The summed E-state index contributed by atoms with van der Waals surface area (Å²) in [5.41, 5.74) is 7.60. The van der Waals surface area contributed by atoms with Crippen LogP contribution in [-0.4, -0.2) is 85.7 Å². The summed E-state index contributed by atoms with van der Waals surface area (Å²) in [5.74, 6) is -4.81. The Labute approximate surface area is 601 Å². The number of benzene rings is 10. The molecule has 516 valence electrons. The fourth-order valence-electron chi connectivity index (χ4n) is 11.4. The fraction of sp³-hybridized carbons (Fsp3) is 0.0244. The second-order valence-corrected chi connectivity index (χ2v) is 23.7. The molecule has 8 amide bonds. The minimum absolute atomic E-state index is 0.0400. The molecule has 23 heteroatoms. The second kappa shape index (κ2) is 30.9. The third-order valence-electron chi connectivity index (χ3n) is 16.6. The van der Waals surface area contributed by atoms with Crippen molar-refractivity contribution in [3.63, 3.8) is 0 Å². The van der Waals surface area contributed by atoms with Gasteiger partial charge in [0, 0.05) is 66.0 Å². The van der Waals surface area contributed by atoms with E-state index in [0.717, 1.165) is 53.0 Å². The monoisotopic (exact) mass is 1420 g/mol. The Kier molecular flexibility index (Phi) is 20.7. The first-order valence-electron chi connectivity index (χ1n) is 31.8. The predicted octanol–water partition coefficient (Wildman–Crippen LogP) is 12.3. The minimum atomic E-state index is -0.668. The number of rotatable bonds is 17. The molecule has 10 aromatic rings. The first-order valence-corrected chi connectivity index (χ1v) is 32.2. The van der Waals surface area contributed by atoms with E-state index in [0.29, 0.717) is 28.3 Å².